The second-order valence-electron chi connectivity index (χ2n) is 6.34. The van der Waals surface area contributed by atoms with Gasteiger partial charge in [-0.3, -0.25) is 9.59 Å². The summed E-state index contributed by atoms with van der Waals surface area (Å²) in [6, 6.07) is 0. The Morgan fingerprint density at radius 3 is 2.65 bits per heavy atom. The number of rotatable bonds is 7. The summed E-state index contributed by atoms with van der Waals surface area (Å²) in [5.41, 5.74) is 1.59. The van der Waals surface area contributed by atoms with Gasteiger partial charge in [-0.1, -0.05) is 18.2 Å². The number of nitrogens with two attached hydrogens (primary N) is 1. The van der Waals surface area contributed by atoms with Crippen LogP contribution < -0.4 is 5.84 Å². The summed E-state index contributed by atoms with van der Waals surface area (Å²) in [5, 5.41) is 4.22. The van der Waals surface area contributed by atoms with Crippen LogP contribution in [0, 0.1) is 0 Å². The number of carbonyl (C=O) groups is 3. The van der Waals surface area contributed by atoms with Crippen LogP contribution in [0.5, 0.6) is 0 Å². The smallest absolute Gasteiger partial charge is 0.333 e. The molecule has 2 amide bonds. The van der Waals surface area contributed by atoms with Crippen molar-refractivity contribution < 1.29 is 24.0 Å². The number of ether oxygens (including phenoxy) is 1. The summed E-state index contributed by atoms with van der Waals surface area (Å²) >= 11 is 4.62. The van der Waals surface area contributed by atoms with Crippen molar-refractivity contribution in [2.24, 2.45) is 10.9 Å². The van der Waals surface area contributed by atoms with E-state index in [0.29, 0.717) is 23.8 Å². The maximum atomic E-state index is 11.7. The molecule has 0 aromatic rings. The minimum Gasteiger partial charge on any atom is -0.372 e. The third-order valence-corrected chi connectivity index (χ3v) is 4.49. The van der Waals surface area contributed by atoms with Gasteiger partial charge in [-0.15, -0.1) is 5.06 Å². The fraction of sp³-hybridized carbons (Fsp3) is 0.529. The first-order chi connectivity index (χ1) is 12.2. The number of hydrogen-bond acceptors (Lipinski definition) is 8. The Morgan fingerprint density at radius 1 is 1.42 bits per heavy atom. The number of hydroxylamine groups is 2. The van der Waals surface area contributed by atoms with Crippen LogP contribution in [0.3, 0.4) is 0 Å². The molecule has 1 aliphatic carbocycles. The molecule has 1 heterocycles. The molecule has 9 heteroatoms. The van der Waals surface area contributed by atoms with E-state index in [-0.39, 0.29) is 25.4 Å². The Hall–Kier alpha value is -2.13. The summed E-state index contributed by atoms with van der Waals surface area (Å²) in [6.07, 6.45) is 5.97. The van der Waals surface area contributed by atoms with E-state index in [2.05, 4.69) is 17.7 Å². The highest BCUT2D eigenvalue weighted by atomic mass is 32.1. The SMILES string of the molecule is C/C(=N\N)C1=CC(C)(S)C(OCCCC(=O)ON2C(=O)CCC2=O)C=C1. The Balaban J connectivity index is 1.75. The van der Waals surface area contributed by atoms with Crippen molar-refractivity contribution in [3.05, 3.63) is 23.8 Å². The molecule has 0 radical (unpaired) electrons. The summed E-state index contributed by atoms with van der Waals surface area (Å²) in [7, 11) is 0. The molecule has 8 nitrogen and oxygen atoms in total. The normalized spacial score (nSPS) is 26.3. The number of nitrogens with zero attached hydrogens (tertiary/aromatic N) is 2. The first-order valence-corrected chi connectivity index (χ1v) is 8.76. The zero-order chi connectivity index (χ0) is 19.3. The van der Waals surface area contributed by atoms with Crippen LogP contribution >= 0.6 is 12.6 Å². The summed E-state index contributed by atoms with van der Waals surface area (Å²) in [4.78, 5) is 39.3. The van der Waals surface area contributed by atoms with E-state index in [0.717, 1.165) is 5.57 Å². The lowest BCUT2D eigenvalue weighted by molar-refractivity contribution is -0.197. The first kappa shape index (κ1) is 20.2. The van der Waals surface area contributed by atoms with E-state index in [9.17, 15) is 14.4 Å². The molecule has 1 fully saturated rings. The van der Waals surface area contributed by atoms with E-state index in [4.69, 9.17) is 15.4 Å². The Bertz CT molecular complexity index is 668. The van der Waals surface area contributed by atoms with Gasteiger partial charge in [-0.2, -0.15) is 17.7 Å². The topological polar surface area (TPSA) is 111 Å². The number of amides is 2. The third kappa shape index (κ3) is 4.95. The highest BCUT2D eigenvalue weighted by Gasteiger charge is 2.33. The lowest BCUT2D eigenvalue weighted by Crippen LogP contribution is -2.36. The lowest BCUT2D eigenvalue weighted by atomic mass is 9.92. The van der Waals surface area contributed by atoms with Crippen molar-refractivity contribution in [2.45, 2.75) is 50.4 Å². The predicted molar refractivity (Wildman–Crippen MR) is 98.1 cm³/mol. The molecule has 2 unspecified atom stereocenters. The highest BCUT2D eigenvalue weighted by molar-refractivity contribution is 7.82. The summed E-state index contributed by atoms with van der Waals surface area (Å²) < 4.78 is 5.24. The third-order valence-electron chi connectivity index (χ3n) is 4.11. The number of imide groups is 1. The number of allylic oxidation sites excluding steroid dienone is 2. The van der Waals surface area contributed by atoms with Crippen LogP contribution in [0.25, 0.3) is 0 Å². The van der Waals surface area contributed by atoms with Gasteiger partial charge in [0, 0.05) is 19.4 Å². The predicted octanol–water partition coefficient (Wildman–Crippen LogP) is 1.28. The van der Waals surface area contributed by atoms with Gasteiger partial charge in [0.1, 0.15) is 0 Å². The maximum Gasteiger partial charge on any atom is 0.333 e. The molecular weight excluding hydrogens is 358 g/mol. The van der Waals surface area contributed by atoms with Gasteiger partial charge in [-0.25, -0.2) is 4.79 Å². The Morgan fingerprint density at radius 2 is 2.08 bits per heavy atom. The zero-order valence-electron chi connectivity index (χ0n) is 14.8. The number of thiol groups is 1. The number of carbonyl (C=O) groups excluding carboxylic acids is 3. The van der Waals surface area contributed by atoms with Crippen LogP contribution in [-0.4, -0.2) is 46.0 Å². The van der Waals surface area contributed by atoms with E-state index in [1.54, 1.807) is 0 Å². The van der Waals surface area contributed by atoms with Crippen molar-refractivity contribution in [2.75, 3.05) is 6.61 Å². The average molecular weight is 381 g/mol. The Kier molecular flexibility index (Phi) is 6.60. The van der Waals surface area contributed by atoms with Crippen LogP contribution in [0.4, 0.5) is 0 Å². The second-order valence-corrected chi connectivity index (χ2v) is 7.30. The fourth-order valence-corrected chi connectivity index (χ4v) is 2.89. The van der Waals surface area contributed by atoms with Gasteiger partial charge < -0.3 is 15.4 Å². The molecule has 1 saturated heterocycles. The maximum absolute atomic E-state index is 11.7. The largest absolute Gasteiger partial charge is 0.372 e. The molecule has 0 aromatic carbocycles. The molecule has 2 atom stereocenters. The second kappa shape index (κ2) is 8.50. The summed E-state index contributed by atoms with van der Waals surface area (Å²) in [6.45, 7) is 4.02. The molecule has 142 valence electrons. The minimum atomic E-state index is -0.637. The quantitative estimate of drug-likeness (QED) is 0.172. The van der Waals surface area contributed by atoms with Crippen molar-refractivity contribution in [1.29, 1.82) is 0 Å². The molecular formula is C17H23N3O5S. The van der Waals surface area contributed by atoms with E-state index in [1.165, 1.54) is 0 Å². The first-order valence-electron chi connectivity index (χ1n) is 8.31. The summed E-state index contributed by atoms with van der Waals surface area (Å²) in [5.74, 6) is 3.68. The molecule has 0 bridgehead atoms. The standard InChI is InChI=1S/C17H23N3O5S/c1-11(19-18)12-5-6-13(17(2,26)10-12)24-9-3-4-16(23)25-20-14(21)7-8-15(20)22/h5-6,10,13,26H,3-4,7-9,18H2,1-2H3/b19-11+. The number of hydrazone groups is 1. The lowest BCUT2D eigenvalue weighted by Gasteiger charge is -2.32. The zero-order valence-corrected chi connectivity index (χ0v) is 15.7. The van der Waals surface area contributed by atoms with Crippen LogP contribution in [0.1, 0.15) is 39.5 Å². The Labute approximate surface area is 157 Å². The highest BCUT2D eigenvalue weighted by Crippen LogP contribution is 2.30. The number of hydrogen-bond donors (Lipinski definition) is 2. The minimum absolute atomic E-state index is 0.0385. The molecule has 2 aliphatic rings. The van der Waals surface area contributed by atoms with Gasteiger partial charge in [0.05, 0.1) is 23.0 Å². The molecule has 0 aromatic heterocycles. The molecule has 1 aliphatic heterocycles. The van der Waals surface area contributed by atoms with Crippen LogP contribution in [-0.2, 0) is 24.0 Å². The molecule has 26 heavy (non-hydrogen) atoms. The van der Waals surface area contributed by atoms with E-state index >= 15 is 0 Å². The van der Waals surface area contributed by atoms with Crippen LogP contribution in [0.15, 0.2) is 28.9 Å². The fourth-order valence-electron chi connectivity index (χ4n) is 2.59. The van der Waals surface area contributed by atoms with Gasteiger partial charge in [0.25, 0.3) is 11.8 Å². The van der Waals surface area contributed by atoms with Crippen LogP contribution in [0.2, 0.25) is 0 Å². The molecule has 2 N–H and O–H groups in total. The molecule has 0 saturated carbocycles. The van der Waals surface area contributed by atoms with E-state index in [1.807, 2.05) is 32.1 Å². The van der Waals surface area contributed by atoms with Gasteiger partial charge in [0.2, 0.25) is 0 Å². The van der Waals surface area contributed by atoms with Crippen molar-refractivity contribution in [3.63, 3.8) is 0 Å². The monoisotopic (exact) mass is 381 g/mol. The molecule has 0 spiro atoms. The molecule has 2 rings (SSSR count). The van der Waals surface area contributed by atoms with Gasteiger partial charge in [-0.05, 0) is 25.8 Å². The van der Waals surface area contributed by atoms with Crippen molar-refractivity contribution in [3.8, 4) is 0 Å². The van der Waals surface area contributed by atoms with Gasteiger partial charge >= 0.3 is 5.97 Å². The average Bonchev–Trinajstić information content (AvgIpc) is 2.90. The van der Waals surface area contributed by atoms with E-state index < -0.39 is 22.5 Å². The van der Waals surface area contributed by atoms with Gasteiger partial charge in [0.15, 0.2) is 0 Å². The van der Waals surface area contributed by atoms with Crippen molar-refractivity contribution >= 4 is 36.1 Å². The van der Waals surface area contributed by atoms with Crippen molar-refractivity contribution in [1.82, 2.24) is 5.06 Å².